The van der Waals surface area contributed by atoms with Crippen molar-refractivity contribution in [1.82, 2.24) is 0 Å². The normalized spacial score (nSPS) is 5.20. The maximum atomic E-state index is 9.29. The van der Waals surface area contributed by atoms with Crippen molar-refractivity contribution in [1.29, 1.82) is 0 Å². The van der Waals surface area contributed by atoms with E-state index in [0.29, 0.717) is 0 Å². The summed E-state index contributed by atoms with van der Waals surface area (Å²) >= 11 is 0. The molecule has 0 aliphatic heterocycles. The van der Waals surface area contributed by atoms with E-state index in [-0.39, 0.29) is 40.2 Å². The molecule has 0 unspecified atom stereocenters. The van der Waals surface area contributed by atoms with Crippen LogP contribution in [0.3, 0.4) is 0 Å². The fourth-order valence-corrected chi connectivity index (χ4v) is 0.612. The van der Waals surface area contributed by atoms with Gasteiger partial charge < -0.3 is 28.1 Å². The molecule has 0 heterocycles. The Morgan fingerprint density at radius 2 is 1.20 bits per heavy atom. The van der Waals surface area contributed by atoms with Gasteiger partial charge in [-0.15, -0.1) is 0 Å². The highest BCUT2D eigenvalue weighted by molar-refractivity contribution is 6.38. The van der Waals surface area contributed by atoms with Gasteiger partial charge in [-0.25, -0.2) is 0 Å². The molecule has 0 fully saturated rings. The second kappa shape index (κ2) is 12.2. The minimum Gasteiger partial charge on any atom is -0.570 e. The second-order valence-corrected chi connectivity index (χ2v) is 2.42. The third-order valence-corrected chi connectivity index (χ3v) is 1.50. The first-order chi connectivity index (χ1) is 3.13. The van der Waals surface area contributed by atoms with Crippen LogP contribution >= 0.6 is 0 Å². The summed E-state index contributed by atoms with van der Waals surface area (Å²) in [6, 6.07) is 0. The Balaban J connectivity index is -0.0000000600. The van der Waals surface area contributed by atoms with Crippen LogP contribution < -0.4 is 9.59 Å². The first-order valence-electron chi connectivity index (χ1n) is 1.22. The highest BCUT2D eigenvalue weighted by atomic mass is 28.4. The van der Waals surface area contributed by atoms with Gasteiger partial charge in [0.05, 0.1) is 0 Å². The minimum atomic E-state index is -3.51. The summed E-state index contributed by atoms with van der Waals surface area (Å²) in [7, 11) is -7.03. The van der Waals surface area contributed by atoms with E-state index >= 15 is 0 Å². The highest BCUT2D eigenvalue weighted by Gasteiger charge is 1.87. The van der Waals surface area contributed by atoms with Crippen LogP contribution in [0.4, 0.5) is 0 Å². The molecule has 10 heavy (non-hydrogen) atoms. The van der Waals surface area contributed by atoms with Crippen LogP contribution in [0.15, 0.2) is 0 Å². The van der Waals surface area contributed by atoms with Crippen molar-refractivity contribution in [2.75, 3.05) is 0 Å². The van der Waals surface area contributed by atoms with E-state index in [9.17, 15) is 18.5 Å². The maximum absolute atomic E-state index is 9.29. The Labute approximate surface area is 81.2 Å². The third kappa shape index (κ3) is 23.7. The van der Waals surface area contributed by atoms with E-state index < -0.39 is 18.3 Å². The van der Waals surface area contributed by atoms with Crippen molar-refractivity contribution < 1.29 is 28.1 Å². The largest absolute Gasteiger partial charge is 0.570 e. The van der Waals surface area contributed by atoms with Crippen molar-refractivity contribution in [3.8, 4) is 0 Å². The molecule has 0 saturated carbocycles. The molecule has 0 amide bonds. The molecule has 6 nitrogen and oxygen atoms in total. The van der Waals surface area contributed by atoms with Gasteiger partial charge in [0, 0.05) is 34.7 Å². The first kappa shape index (κ1) is 22.4. The van der Waals surface area contributed by atoms with Crippen LogP contribution in [0.2, 0.25) is 0 Å². The predicted molar refractivity (Wildman–Crippen MR) is 29.1 cm³/mol. The first-order valence-corrected chi connectivity index (χ1v) is 3.67. The van der Waals surface area contributed by atoms with Gasteiger partial charge in [-0.3, -0.25) is 0 Å². The molecular formula is H2Al2O6Si2-2. The second-order valence-electron chi connectivity index (χ2n) is 0.602. The topological polar surface area (TPSA) is 121 Å². The van der Waals surface area contributed by atoms with Gasteiger partial charge in [0.1, 0.15) is 0 Å². The van der Waals surface area contributed by atoms with Crippen molar-refractivity contribution in [2.45, 2.75) is 0 Å². The zero-order valence-electron chi connectivity index (χ0n) is 4.70. The lowest BCUT2D eigenvalue weighted by Gasteiger charge is -1.99. The van der Waals surface area contributed by atoms with Crippen molar-refractivity contribution in [3.63, 3.8) is 0 Å². The Morgan fingerprint density at radius 1 is 1.00 bits per heavy atom. The molecule has 0 aliphatic carbocycles. The number of hydrogen-bond donors (Lipinski definition) is 0. The van der Waals surface area contributed by atoms with Crippen LogP contribution in [0.5, 0.6) is 0 Å². The Morgan fingerprint density at radius 3 is 1.20 bits per heavy atom. The summed E-state index contributed by atoms with van der Waals surface area (Å²) in [6.07, 6.45) is 0. The smallest absolute Gasteiger partial charge is 0.410 e. The molecule has 0 atom stereocenters. The van der Waals surface area contributed by atoms with Crippen LogP contribution in [0.1, 0.15) is 0 Å². The van der Waals surface area contributed by atoms with Crippen LogP contribution in [-0.2, 0) is 13.0 Å². The number of hydrogen-bond acceptors (Lipinski definition) is 5. The molecule has 0 saturated heterocycles. The van der Waals surface area contributed by atoms with Gasteiger partial charge in [0.25, 0.3) is 0 Å². The minimum absolute atomic E-state index is 0. The Hall–Kier alpha value is 0.459. The molecule has 54 valence electrons. The summed E-state index contributed by atoms with van der Waals surface area (Å²) in [6.45, 7) is 0. The fraction of sp³-hybridized carbons (Fsp3) is 0. The van der Waals surface area contributed by atoms with E-state index in [0.717, 1.165) is 0 Å². The summed E-state index contributed by atoms with van der Waals surface area (Å²) in [5.74, 6) is 0. The SMILES string of the molecule is O.O=[Si]([O-])O[Si](=O)[O-].[Al].[Al]. The molecule has 10 heteroatoms. The molecule has 2 N–H and O–H groups in total. The Bertz CT molecular complexity index is 89.9. The quantitative estimate of drug-likeness (QED) is 0.420. The molecule has 0 rings (SSSR count). The van der Waals surface area contributed by atoms with Gasteiger partial charge >= 0.3 is 18.3 Å². The number of rotatable bonds is 2. The zero-order valence-corrected chi connectivity index (χ0v) is 9.01. The van der Waals surface area contributed by atoms with Crippen LogP contribution in [0.25, 0.3) is 0 Å². The lowest BCUT2D eigenvalue weighted by atomic mass is 15.7. The van der Waals surface area contributed by atoms with Gasteiger partial charge in [-0.05, 0) is 0 Å². The third-order valence-electron chi connectivity index (χ3n) is 0.167. The van der Waals surface area contributed by atoms with Gasteiger partial charge in [0.2, 0.25) is 0 Å². The lowest BCUT2D eigenvalue weighted by molar-refractivity contribution is -0.250. The monoisotopic (exact) mass is 208 g/mol. The zero-order chi connectivity index (χ0) is 5.86. The summed E-state index contributed by atoms with van der Waals surface area (Å²) in [5, 5.41) is 0. The van der Waals surface area contributed by atoms with E-state index in [4.69, 9.17) is 0 Å². The fourth-order valence-electron chi connectivity index (χ4n) is 0.0680. The van der Waals surface area contributed by atoms with Crippen molar-refractivity contribution in [2.24, 2.45) is 0 Å². The molecule has 0 aliphatic rings. The average Bonchev–Trinajstić information content (AvgIpc) is 1.27. The van der Waals surface area contributed by atoms with Crippen molar-refractivity contribution >= 4 is 53.1 Å². The lowest BCUT2D eigenvalue weighted by Crippen LogP contribution is -2.35. The van der Waals surface area contributed by atoms with Crippen LogP contribution in [0, 0.1) is 0 Å². The molecule has 0 aromatic carbocycles. The maximum Gasteiger partial charge on any atom is 0.410 e. The molecule has 0 bridgehead atoms. The van der Waals surface area contributed by atoms with E-state index in [1.165, 1.54) is 0 Å². The average molecular weight is 208 g/mol. The highest BCUT2D eigenvalue weighted by Crippen LogP contribution is 1.54. The van der Waals surface area contributed by atoms with Gasteiger partial charge in [-0.1, -0.05) is 0 Å². The predicted octanol–water partition coefficient (Wildman–Crippen LogP) is -5.03. The van der Waals surface area contributed by atoms with E-state index in [2.05, 4.69) is 4.12 Å². The standard InChI is InChI=1S/2Al.O5Si2.H2O/c;;1-6(2)5-7(3)4;/h;;;1H2/q;;-2;. The van der Waals surface area contributed by atoms with E-state index in [1.54, 1.807) is 0 Å². The molecule has 0 aromatic heterocycles. The van der Waals surface area contributed by atoms with Crippen LogP contribution in [-0.4, -0.2) is 58.5 Å². The molecular weight excluding hydrogens is 206 g/mol. The van der Waals surface area contributed by atoms with Gasteiger partial charge in [0.15, 0.2) is 0 Å². The van der Waals surface area contributed by atoms with Gasteiger partial charge in [-0.2, -0.15) is 0 Å². The van der Waals surface area contributed by atoms with Crippen molar-refractivity contribution in [3.05, 3.63) is 0 Å². The molecule has 0 aromatic rings. The molecule has 0 spiro atoms. The molecule has 6 radical (unpaired) electrons. The summed E-state index contributed by atoms with van der Waals surface area (Å²) in [4.78, 5) is 18.6. The summed E-state index contributed by atoms with van der Waals surface area (Å²) in [5.41, 5.74) is 0. The Kier molecular flexibility index (Phi) is 27.3. The van der Waals surface area contributed by atoms with E-state index in [1.807, 2.05) is 0 Å². The summed E-state index contributed by atoms with van der Waals surface area (Å²) < 4.78 is 21.8.